The minimum absolute atomic E-state index is 0.632. The van der Waals surface area contributed by atoms with E-state index in [1.807, 2.05) is 0 Å². The van der Waals surface area contributed by atoms with Gasteiger partial charge in [-0.25, -0.2) is 9.97 Å². The van der Waals surface area contributed by atoms with E-state index in [4.69, 9.17) is 9.97 Å². The Kier molecular flexibility index (Phi) is 14.7. The van der Waals surface area contributed by atoms with Crippen LogP contribution in [0.2, 0.25) is 0 Å². The van der Waals surface area contributed by atoms with Crippen LogP contribution in [0.15, 0.2) is 388 Å². The summed E-state index contributed by atoms with van der Waals surface area (Å²) in [5.41, 5.74) is 24.3. The molecule has 0 fully saturated rings. The summed E-state index contributed by atoms with van der Waals surface area (Å²) in [4.78, 5) is 17.9. The third-order valence-corrected chi connectivity index (χ3v) is 19.8. The average molecular weight is 1310 g/mol. The molecule has 0 radical (unpaired) electrons. The van der Waals surface area contributed by atoms with Crippen LogP contribution < -0.4 is 14.7 Å². The number of aromatic nitrogens is 5. The van der Waals surface area contributed by atoms with Gasteiger partial charge in [-0.15, -0.1) is 0 Å². The Bertz CT molecular complexity index is 5530. The largest absolute Gasteiger partial charge is 0.310 e. The van der Waals surface area contributed by atoms with Crippen LogP contribution in [0.4, 0.5) is 51.2 Å². The Morgan fingerprint density at radius 3 is 0.686 bits per heavy atom. The number of rotatable bonds is 15. The number of benzene rings is 15. The lowest BCUT2D eigenvalue weighted by molar-refractivity contribution is 1.16. The fourth-order valence-corrected chi connectivity index (χ4v) is 15.1. The zero-order valence-electron chi connectivity index (χ0n) is 55.5. The monoisotopic (exact) mass is 1300 g/mol. The Labute approximate surface area is 590 Å². The van der Waals surface area contributed by atoms with Crippen molar-refractivity contribution in [3.05, 3.63) is 388 Å². The maximum Gasteiger partial charge on any atom is 0.160 e. The second kappa shape index (κ2) is 25.2. The predicted molar refractivity (Wildman–Crippen MR) is 425 cm³/mol. The van der Waals surface area contributed by atoms with Gasteiger partial charge in [0.25, 0.3) is 0 Å². The molecule has 4 heterocycles. The minimum atomic E-state index is 0.632. The highest BCUT2D eigenvalue weighted by molar-refractivity contribution is 6.13. The maximum absolute atomic E-state index is 5.48. The van der Waals surface area contributed by atoms with E-state index in [-0.39, 0.29) is 0 Å². The van der Waals surface area contributed by atoms with Crippen LogP contribution in [0.25, 0.3) is 116 Å². The molecule has 19 aromatic rings. The van der Waals surface area contributed by atoms with Crippen LogP contribution in [0.5, 0.6) is 0 Å². The molecule has 4 aromatic heterocycles. The second-order valence-corrected chi connectivity index (χ2v) is 25.8. The highest BCUT2D eigenvalue weighted by Gasteiger charge is 2.23. The van der Waals surface area contributed by atoms with E-state index in [0.29, 0.717) is 5.82 Å². The second-order valence-electron chi connectivity index (χ2n) is 25.8. The number of hydrogen-bond donors (Lipinski definition) is 0. The first-order valence-corrected chi connectivity index (χ1v) is 34.6. The molecule has 0 aliphatic carbocycles. The molecule has 0 spiro atoms. The lowest BCUT2D eigenvalue weighted by Crippen LogP contribution is -2.09. The summed E-state index contributed by atoms with van der Waals surface area (Å²) in [6.07, 6.45) is 0. The minimum Gasteiger partial charge on any atom is -0.310 e. The van der Waals surface area contributed by atoms with Gasteiger partial charge in [0.2, 0.25) is 0 Å². The normalized spacial score (nSPS) is 11.5. The molecule has 0 saturated carbocycles. The Hall–Kier alpha value is -13.8. The fourth-order valence-electron chi connectivity index (χ4n) is 15.1. The summed E-state index contributed by atoms with van der Waals surface area (Å²) in [6, 6.07) is 139. The van der Waals surface area contributed by atoms with Crippen LogP contribution in [0.3, 0.4) is 0 Å². The molecule has 19 rings (SSSR count). The number of para-hydroxylation sites is 9. The zero-order valence-corrected chi connectivity index (χ0v) is 55.5. The third-order valence-electron chi connectivity index (χ3n) is 19.8. The predicted octanol–water partition coefficient (Wildman–Crippen LogP) is 25.2. The molecule has 0 bridgehead atoms. The van der Waals surface area contributed by atoms with Crippen LogP contribution >= 0.6 is 0 Å². The molecule has 0 N–H and O–H groups in total. The molecule has 0 unspecified atom stereocenters. The summed E-state index contributed by atoms with van der Waals surface area (Å²) in [5.74, 6) is 0.632. The molecule has 0 amide bonds. The third kappa shape index (κ3) is 10.5. The van der Waals surface area contributed by atoms with E-state index < -0.39 is 0 Å². The molecule has 0 aliphatic heterocycles. The van der Waals surface area contributed by atoms with Crippen molar-refractivity contribution in [3.63, 3.8) is 0 Å². The van der Waals surface area contributed by atoms with Gasteiger partial charge >= 0.3 is 0 Å². The molecule has 15 aromatic carbocycles. The maximum atomic E-state index is 5.48. The van der Waals surface area contributed by atoms with Crippen LogP contribution in [0.1, 0.15) is 0 Å². The van der Waals surface area contributed by atoms with Crippen molar-refractivity contribution >= 4 is 117 Å². The van der Waals surface area contributed by atoms with E-state index in [0.717, 1.165) is 129 Å². The highest BCUT2D eigenvalue weighted by Crippen LogP contribution is 2.45. The first kappa shape index (κ1) is 59.4. The van der Waals surface area contributed by atoms with Gasteiger partial charge in [-0.3, -0.25) is 0 Å². The lowest BCUT2D eigenvalue weighted by atomic mass is 10.1. The van der Waals surface area contributed by atoms with Crippen molar-refractivity contribution in [3.8, 4) is 51.0 Å². The van der Waals surface area contributed by atoms with Crippen LogP contribution in [-0.4, -0.2) is 23.7 Å². The molecular weight excluding hydrogens is 1240 g/mol. The summed E-state index contributed by atoms with van der Waals surface area (Å²) < 4.78 is 7.14. The number of fused-ring (bicyclic) bond motifs is 9. The topological polar surface area (TPSA) is 50.3 Å². The van der Waals surface area contributed by atoms with Crippen molar-refractivity contribution in [2.45, 2.75) is 0 Å². The highest BCUT2D eigenvalue weighted by atomic mass is 15.2. The van der Waals surface area contributed by atoms with Gasteiger partial charge in [-0.05, 0) is 200 Å². The summed E-state index contributed by atoms with van der Waals surface area (Å²) in [7, 11) is 0. The van der Waals surface area contributed by atoms with Gasteiger partial charge in [-0.2, -0.15) is 0 Å². The quantitative estimate of drug-likeness (QED) is 0.102. The molecule has 0 saturated heterocycles. The van der Waals surface area contributed by atoms with Gasteiger partial charge < -0.3 is 28.4 Å². The van der Waals surface area contributed by atoms with Crippen LogP contribution in [0, 0.1) is 0 Å². The first-order chi connectivity index (χ1) is 50.6. The molecular formula is C94H64N8. The van der Waals surface area contributed by atoms with Crippen molar-refractivity contribution < 1.29 is 0 Å². The molecule has 8 heteroatoms. The number of nitrogens with zero attached hydrogens (tertiary/aromatic N) is 8. The van der Waals surface area contributed by atoms with Crippen molar-refractivity contribution in [2.75, 3.05) is 14.7 Å². The number of anilines is 9. The van der Waals surface area contributed by atoms with Crippen molar-refractivity contribution in [1.82, 2.24) is 23.7 Å². The molecule has 8 nitrogen and oxygen atoms in total. The Morgan fingerprint density at radius 1 is 0.176 bits per heavy atom. The molecule has 102 heavy (non-hydrogen) atoms. The Morgan fingerprint density at radius 2 is 0.412 bits per heavy atom. The average Bonchev–Trinajstić information content (AvgIpc) is 1.59. The van der Waals surface area contributed by atoms with Gasteiger partial charge in [0.1, 0.15) is 0 Å². The Balaban J connectivity index is 0.713. The van der Waals surface area contributed by atoms with E-state index in [9.17, 15) is 0 Å². The zero-order chi connectivity index (χ0) is 67.5. The summed E-state index contributed by atoms with van der Waals surface area (Å²) in [5, 5.41) is 7.07. The van der Waals surface area contributed by atoms with Gasteiger partial charge in [0.05, 0.1) is 44.5 Å². The molecule has 0 aliphatic rings. The van der Waals surface area contributed by atoms with Crippen molar-refractivity contribution in [1.29, 1.82) is 0 Å². The SMILES string of the molecule is c1ccc(N(c2ccccc2)c2ccc3c(c2)c2ccccc2n3-c2ccc(-c3cc(-c4ccc(-n5c6ccccc6c6cc(N(c7ccccc7)c7ccccc7)ccc65)cc4)nc(-c4ccc(-n5c6ccccc6c6cc(N(c7ccccc7)c7ccccc7)ccc65)cc4)n3)cc2)cc1. The summed E-state index contributed by atoms with van der Waals surface area (Å²) >= 11 is 0. The molecule has 480 valence electrons. The van der Waals surface area contributed by atoms with Crippen molar-refractivity contribution in [2.24, 2.45) is 0 Å². The van der Waals surface area contributed by atoms with Gasteiger partial charge in [0.15, 0.2) is 5.82 Å². The fraction of sp³-hybridized carbons (Fsp3) is 0. The van der Waals surface area contributed by atoms with Crippen LogP contribution in [-0.2, 0) is 0 Å². The standard InChI is InChI=1S/C94H64N8/c1-7-25-68(26-8-1)97(69-27-9-2-10-28-69)77-55-58-91-83(61-77)80-37-19-22-40-88(80)100(91)74-49-43-65(44-50-74)86-64-87(66-45-51-75(52-46-66)101-89-41-23-20-38-81(89)84-62-78(56-59-92(84)101)98(70-29-11-3-12-30-70)71-31-13-4-14-32-71)96-94(95-86)67-47-53-76(54-48-67)102-90-42-24-21-39-82(90)85-63-79(57-60-93(85)102)99(72-33-15-5-16-34-72)73-35-17-6-18-36-73/h1-64H. The van der Waals surface area contributed by atoms with E-state index in [1.54, 1.807) is 0 Å². The van der Waals surface area contributed by atoms with Gasteiger partial charge in [0, 0.05) is 117 Å². The van der Waals surface area contributed by atoms with E-state index in [1.165, 1.54) is 32.3 Å². The van der Waals surface area contributed by atoms with E-state index in [2.05, 4.69) is 417 Å². The first-order valence-electron chi connectivity index (χ1n) is 34.6. The lowest BCUT2D eigenvalue weighted by Gasteiger charge is -2.25. The molecule has 0 atom stereocenters. The summed E-state index contributed by atoms with van der Waals surface area (Å²) in [6.45, 7) is 0. The van der Waals surface area contributed by atoms with Gasteiger partial charge in [-0.1, -0.05) is 188 Å². The van der Waals surface area contributed by atoms with E-state index >= 15 is 0 Å². The number of hydrogen-bond acceptors (Lipinski definition) is 5. The smallest absolute Gasteiger partial charge is 0.160 e.